The van der Waals surface area contributed by atoms with E-state index >= 15 is 0 Å². The molecule has 43 heavy (non-hydrogen) atoms. The van der Waals surface area contributed by atoms with Gasteiger partial charge in [-0.15, -0.1) is 0 Å². The molecule has 3 aliphatic heterocycles. The van der Waals surface area contributed by atoms with Crippen LogP contribution < -0.4 is 20.9 Å². The maximum absolute atomic E-state index is 13.8. The number of aliphatic hydroxyl groups is 3. The lowest BCUT2D eigenvalue weighted by molar-refractivity contribution is -0.271. The van der Waals surface area contributed by atoms with Gasteiger partial charge >= 0.3 is 17.3 Å². The average molecular weight is 596 g/mol. The van der Waals surface area contributed by atoms with Crippen molar-refractivity contribution in [2.24, 2.45) is 0 Å². The highest BCUT2D eigenvalue weighted by Gasteiger charge is 2.48. The van der Waals surface area contributed by atoms with Crippen LogP contribution in [0.2, 0.25) is 0 Å². The lowest BCUT2D eigenvalue weighted by Crippen LogP contribution is -2.61. The molecule has 0 bridgehead atoms. The first-order valence-electron chi connectivity index (χ1n) is 13.5. The van der Waals surface area contributed by atoms with Crippen LogP contribution in [0.25, 0.3) is 5.69 Å². The van der Waals surface area contributed by atoms with Crippen LogP contribution >= 0.6 is 0 Å². The van der Waals surface area contributed by atoms with E-state index in [9.17, 15) is 39.6 Å². The number of carboxylic acids is 1. The van der Waals surface area contributed by atoms with Gasteiger partial charge in [0.25, 0.3) is 0 Å². The Bertz CT molecular complexity index is 1780. The third-order valence-electron chi connectivity index (χ3n) is 8.02. The summed E-state index contributed by atoms with van der Waals surface area (Å²) in [5, 5.41) is 39.8. The molecule has 3 aliphatic rings. The number of fused-ring (bicyclic) bond motifs is 5. The Balaban J connectivity index is 1.39. The Morgan fingerprint density at radius 3 is 2.33 bits per heavy atom. The second-order valence-corrected chi connectivity index (χ2v) is 11.2. The number of hydrogen-bond acceptors (Lipinski definition) is 10. The number of ketones is 1. The van der Waals surface area contributed by atoms with Crippen molar-refractivity contribution in [2.75, 3.05) is 0 Å². The van der Waals surface area contributed by atoms with E-state index in [0.29, 0.717) is 16.8 Å². The molecule has 1 aromatic heterocycles. The maximum atomic E-state index is 13.8. The van der Waals surface area contributed by atoms with Crippen LogP contribution in [0.1, 0.15) is 42.7 Å². The molecular weight excluding hydrogens is 566 g/mol. The topological polar surface area (TPSA) is 192 Å². The van der Waals surface area contributed by atoms with Crippen molar-refractivity contribution >= 4 is 11.8 Å². The highest BCUT2D eigenvalue weighted by atomic mass is 16.7. The van der Waals surface area contributed by atoms with Crippen molar-refractivity contribution in [3.8, 4) is 17.2 Å². The highest BCUT2D eigenvalue weighted by molar-refractivity contribution is 5.94. The molecule has 4 heterocycles. The number of aliphatic hydroxyl groups excluding tert-OH is 3. The van der Waals surface area contributed by atoms with Gasteiger partial charge in [0.2, 0.25) is 6.29 Å². The van der Waals surface area contributed by atoms with Gasteiger partial charge in [-0.3, -0.25) is 4.79 Å². The fraction of sp³-hybridized carbons (Fsp3) is 0.379. The van der Waals surface area contributed by atoms with E-state index in [1.807, 2.05) is 19.9 Å². The van der Waals surface area contributed by atoms with Gasteiger partial charge < -0.3 is 34.6 Å². The summed E-state index contributed by atoms with van der Waals surface area (Å²) in [7, 11) is 0. The van der Waals surface area contributed by atoms with Crippen LogP contribution in [0.4, 0.5) is 0 Å². The molecule has 6 rings (SSSR count). The van der Waals surface area contributed by atoms with Crippen molar-refractivity contribution < 1.29 is 44.2 Å². The lowest BCUT2D eigenvalue weighted by Gasteiger charge is -2.43. The second kappa shape index (κ2) is 10.1. The van der Waals surface area contributed by atoms with Gasteiger partial charge in [-0.05, 0) is 62.7 Å². The van der Waals surface area contributed by atoms with Gasteiger partial charge in [-0.2, -0.15) is 0 Å². The monoisotopic (exact) mass is 595 g/mol. The minimum Gasteiger partial charge on any atom is -0.483 e. The molecule has 1 unspecified atom stereocenters. The second-order valence-electron chi connectivity index (χ2n) is 11.2. The van der Waals surface area contributed by atoms with E-state index < -0.39 is 59.7 Å². The van der Waals surface area contributed by atoms with Crippen molar-refractivity contribution in [3.63, 3.8) is 0 Å². The molecule has 0 radical (unpaired) electrons. The molecule has 0 aliphatic carbocycles. The molecule has 14 nitrogen and oxygen atoms in total. The Kier molecular flexibility index (Phi) is 6.69. The van der Waals surface area contributed by atoms with Gasteiger partial charge in [0.05, 0.1) is 12.2 Å². The standard InChI is InChI=1S/C29H29N3O11/c1-13(33)14-4-6-15(7-5-14)31-27(39)30-11-10-18-20(32(30)28(31)40)17-9-8-16(12-19(17)43-29(18,2)3)41-26-23(36)21(34)22(35)24(42-26)25(37)38/h4-10,12,20-24,26,34-36H,11H2,1-3H3,(H,37,38)/t20?,21-,22-,23+,24-,26+/m0/s1. The number of carbonyl (C=O) groups excluding carboxylic acids is 1. The molecule has 6 atom stereocenters. The Morgan fingerprint density at radius 2 is 1.67 bits per heavy atom. The Morgan fingerprint density at radius 1 is 0.977 bits per heavy atom. The predicted octanol–water partition coefficient (Wildman–Crippen LogP) is -0.0253. The third-order valence-corrected chi connectivity index (χ3v) is 8.02. The van der Waals surface area contributed by atoms with Gasteiger partial charge in [0.1, 0.15) is 41.5 Å². The number of ether oxygens (including phenoxy) is 3. The van der Waals surface area contributed by atoms with Crippen LogP contribution in [0.15, 0.2) is 63.7 Å². The van der Waals surface area contributed by atoms with E-state index in [2.05, 4.69) is 0 Å². The highest BCUT2D eigenvalue weighted by Crippen LogP contribution is 2.47. The van der Waals surface area contributed by atoms with Crippen molar-refractivity contribution in [3.05, 3.63) is 86.2 Å². The zero-order valence-electron chi connectivity index (χ0n) is 23.3. The lowest BCUT2D eigenvalue weighted by atomic mass is 9.83. The summed E-state index contributed by atoms with van der Waals surface area (Å²) in [5.74, 6) is -1.32. The average Bonchev–Trinajstić information content (AvgIpc) is 3.22. The van der Waals surface area contributed by atoms with Crippen molar-refractivity contribution in [2.45, 2.75) is 69.7 Å². The summed E-state index contributed by atoms with van der Waals surface area (Å²) in [4.78, 5) is 50.5. The quantitative estimate of drug-likeness (QED) is 0.229. The number of hydrogen-bond donors (Lipinski definition) is 4. The molecule has 14 heteroatoms. The fourth-order valence-corrected chi connectivity index (χ4v) is 5.80. The number of benzene rings is 2. The number of carbonyl (C=O) groups is 2. The van der Waals surface area contributed by atoms with E-state index in [-0.39, 0.29) is 23.8 Å². The summed E-state index contributed by atoms with van der Waals surface area (Å²) >= 11 is 0. The minimum absolute atomic E-state index is 0.0856. The molecule has 1 saturated heterocycles. The molecule has 0 saturated carbocycles. The van der Waals surface area contributed by atoms with Gasteiger partial charge in [-0.25, -0.2) is 28.3 Å². The van der Waals surface area contributed by atoms with Crippen LogP contribution in [0.3, 0.4) is 0 Å². The first-order valence-corrected chi connectivity index (χ1v) is 13.5. The largest absolute Gasteiger partial charge is 0.483 e. The normalized spacial score (nSPS) is 27.2. The molecule has 3 aromatic rings. The van der Waals surface area contributed by atoms with Crippen LogP contribution in [-0.4, -0.2) is 82.4 Å². The number of Topliss-reactive ketones (excluding diaryl/α,β-unsaturated/α-hetero) is 1. The molecule has 226 valence electrons. The Labute approximate surface area is 243 Å². The first-order chi connectivity index (χ1) is 20.3. The summed E-state index contributed by atoms with van der Waals surface area (Å²) < 4.78 is 20.9. The van der Waals surface area contributed by atoms with E-state index in [1.54, 1.807) is 30.3 Å². The fourth-order valence-electron chi connectivity index (χ4n) is 5.80. The summed E-state index contributed by atoms with van der Waals surface area (Å²) in [6.07, 6.45) is -7.09. The summed E-state index contributed by atoms with van der Waals surface area (Å²) in [5.41, 5.74) is -0.0565. The number of allylic oxidation sites excluding steroid dienone is 1. The minimum atomic E-state index is -1.87. The predicted molar refractivity (Wildman–Crippen MR) is 147 cm³/mol. The van der Waals surface area contributed by atoms with Gasteiger partial charge in [-0.1, -0.05) is 6.08 Å². The smallest absolute Gasteiger partial charge is 0.352 e. The van der Waals surface area contributed by atoms with E-state index in [4.69, 9.17) is 14.2 Å². The zero-order chi connectivity index (χ0) is 31.0. The van der Waals surface area contributed by atoms with Crippen LogP contribution in [0, 0.1) is 0 Å². The van der Waals surface area contributed by atoms with Crippen molar-refractivity contribution in [1.82, 2.24) is 13.9 Å². The first kappa shape index (κ1) is 28.6. The number of aliphatic carboxylic acids is 1. The molecule has 0 spiro atoms. The van der Waals surface area contributed by atoms with E-state index in [1.165, 1.54) is 28.4 Å². The van der Waals surface area contributed by atoms with Crippen LogP contribution in [0.5, 0.6) is 11.5 Å². The zero-order valence-corrected chi connectivity index (χ0v) is 23.3. The number of aromatic nitrogens is 3. The third kappa shape index (κ3) is 4.50. The molecular formula is C29H29N3O11. The number of carboxylic acid groups (broad SMARTS) is 1. The summed E-state index contributed by atoms with van der Waals surface area (Å²) in [6.45, 7) is 5.16. The maximum Gasteiger partial charge on any atom is 0.352 e. The van der Waals surface area contributed by atoms with Gasteiger partial charge in [0, 0.05) is 17.2 Å². The van der Waals surface area contributed by atoms with E-state index in [0.717, 1.165) is 10.1 Å². The van der Waals surface area contributed by atoms with Gasteiger partial charge in [0.15, 0.2) is 11.9 Å². The molecule has 0 amide bonds. The van der Waals surface area contributed by atoms with Crippen LogP contribution in [-0.2, 0) is 16.1 Å². The van der Waals surface area contributed by atoms with Crippen molar-refractivity contribution in [1.29, 1.82) is 0 Å². The molecule has 4 N–H and O–H groups in total. The SMILES string of the molecule is CC(=O)c1ccc(-n2c(=O)n3n(c2=O)C2C(=CC3)C(C)(C)Oc3cc(O[C@@H]4O[C@H](C(=O)O)[C@@H](O)[C@H](O)[C@H]4O)ccc32)cc1. The molecule has 2 aromatic carbocycles. The summed E-state index contributed by atoms with van der Waals surface area (Å²) in [6, 6.07) is 10.0. The Hall–Kier alpha value is -4.50. The number of nitrogens with zero attached hydrogens (tertiary/aromatic N) is 3. The number of rotatable bonds is 5. The molecule has 1 fully saturated rings.